The number of hydrogen-bond acceptors (Lipinski definition) is 0. The zero-order valence-electron chi connectivity index (χ0n) is 21.1. The normalized spacial score (nSPS) is 24.9. The van der Waals surface area contributed by atoms with Crippen molar-refractivity contribution in [3.63, 3.8) is 0 Å². The van der Waals surface area contributed by atoms with Gasteiger partial charge in [0, 0.05) is 0 Å². The van der Waals surface area contributed by atoms with Gasteiger partial charge in [-0.1, -0.05) is 106 Å². The summed E-state index contributed by atoms with van der Waals surface area (Å²) in [4.78, 5) is 0. The summed E-state index contributed by atoms with van der Waals surface area (Å²) in [5.74, 6) is 3.83. The van der Waals surface area contributed by atoms with Crippen LogP contribution in [-0.4, -0.2) is 0 Å². The van der Waals surface area contributed by atoms with Gasteiger partial charge in [0.25, 0.3) is 0 Å². The first-order chi connectivity index (χ1) is 16.3. The van der Waals surface area contributed by atoms with Crippen molar-refractivity contribution in [3.8, 4) is 11.1 Å². The number of hydrogen-bond donors (Lipinski definition) is 0. The minimum atomic E-state index is 0.784. The second kappa shape index (κ2) is 12.6. The van der Waals surface area contributed by atoms with Crippen LogP contribution in [0.1, 0.15) is 107 Å². The Bertz CT molecular complexity index is 827. The molecule has 2 aliphatic carbocycles. The standard InChI is InChI=1S/C33H46/c1-3-5-7-8-9-11-27-14-17-33-25-32(23-22-31(33)24-27)30-20-18-29(19-21-30)28-15-12-26(13-16-28)10-6-4-2/h4,12-13,15-16,18-21,27,31-33H,2-3,5-11,14,17,22-25H2,1H3. The lowest BCUT2D eigenvalue weighted by atomic mass is 9.63. The lowest BCUT2D eigenvalue weighted by Gasteiger charge is -2.42. The zero-order chi connectivity index (χ0) is 22.9. The Labute approximate surface area is 203 Å². The molecule has 0 bridgehead atoms. The van der Waals surface area contributed by atoms with Gasteiger partial charge in [0.15, 0.2) is 0 Å². The predicted octanol–water partition coefficient (Wildman–Crippen LogP) is 10.1. The maximum atomic E-state index is 3.83. The molecule has 4 rings (SSSR count). The zero-order valence-corrected chi connectivity index (χ0v) is 21.1. The lowest BCUT2D eigenvalue weighted by Crippen LogP contribution is -2.30. The van der Waals surface area contributed by atoms with E-state index in [0.29, 0.717) is 0 Å². The van der Waals surface area contributed by atoms with Crippen LogP contribution in [0, 0.1) is 17.8 Å². The summed E-state index contributed by atoms with van der Waals surface area (Å²) < 4.78 is 0. The second-order valence-electron chi connectivity index (χ2n) is 11.1. The van der Waals surface area contributed by atoms with Crippen LogP contribution in [0.2, 0.25) is 0 Å². The highest BCUT2D eigenvalue weighted by Gasteiger charge is 2.35. The van der Waals surface area contributed by atoms with Gasteiger partial charge < -0.3 is 0 Å². The minimum Gasteiger partial charge on any atom is -0.103 e. The van der Waals surface area contributed by atoms with Crippen molar-refractivity contribution in [2.45, 2.75) is 103 Å². The first kappa shape index (κ1) is 24.3. The number of unbranched alkanes of at least 4 members (excludes halogenated alkanes) is 4. The molecule has 0 radical (unpaired) electrons. The molecular formula is C33H46. The highest BCUT2D eigenvalue weighted by atomic mass is 14.4. The lowest BCUT2D eigenvalue weighted by molar-refractivity contribution is 0.113. The number of benzene rings is 2. The van der Waals surface area contributed by atoms with Gasteiger partial charge >= 0.3 is 0 Å². The largest absolute Gasteiger partial charge is 0.103 e. The molecule has 2 saturated carbocycles. The average Bonchev–Trinajstić information content (AvgIpc) is 2.87. The van der Waals surface area contributed by atoms with E-state index >= 15 is 0 Å². The summed E-state index contributed by atoms with van der Waals surface area (Å²) in [5, 5.41) is 0. The van der Waals surface area contributed by atoms with Gasteiger partial charge in [-0.3, -0.25) is 0 Å². The van der Waals surface area contributed by atoms with Crippen molar-refractivity contribution in [2.75, 3.05) is 0 Å². The molecule has 178 valence electrons. The molecule has 2 aromatic rings. The molecule has 0 heteroatoms. The molecule has 4 unspecified atom stereocenters. The predicted molar refractivity (Wildman–Crippen MR) is 145 cm³/mol. The Hall–Kier alpha value is -1.82. The monoisotopic (exact) mass is 442 g/mol. The molecule has 2 aliphatic rings. The molecule has 0 aromatic heterocycles. The molecule has 2 aromatic carbocycles. The van der Waals surface area contributed by atoms with Crippen molar-refractivity contribution >= 4 is 0 Å². The number of fused-ring (bicyclic) bond motifs is 1. The third-order valence-electron chi connectivity index (χ3n) is 8.74. The smallest absolute Gasteiger partial charge is 0.0159 e. The van der Waals surface area contributed by atoms with Crippen molar-refractivity contribution < 1.29 is 0 Å². The van der Waals surface area contributed by atoms with Crippen LogP contribution < -0.4 is 0 Å². The van der Waals surface area contributed by atoms with E-state index < -0.39 is 0 Å². The van der Waals surface area contributed by atoms with E-state index in [1.807, 2.05) is 6.08 Å². The first-order valence-electron chi connectivity index (χ1n) is 14.1. The third-order valence-corrected chi connectivity index (χ3v) is 8.74. The Kier molecular flexibility index (Phi) is 9.27. The van der Waals surface area contributed by atoms with E-state index in [2.05, 4.69) is 62.0 Å². The highest BCUT2D eigenvalue weighted by Crippen LogP contribution is 2.48. The Morgan fingerprint density at radius 3 is 2.15 bits per heavy atom. The number of aryl methyl sites for hydroxylation is 1. The molecule has 0 amide bonds. The third kappa shape index (κ3) is 6.84. The van der Waals surface area contributed by atoms with E-state index in [1.54, 1.807) is 5.56 Å². The van der Waals surface area contributed by atoms with Crippen LogP contribution in [0.3, 0.4) is 0 Å². The average molecular weight is 443 g/mol. The van der Waals surface area contributed by atoms with E-state index in [1.165, 1.54) is 93.7 Å². The first-order valence-corrected chi connectivity index (χ1v) is 14.1. The molecule has 4 atom stereocenters. The molecule has 33 heavy (non-hydrogen) atoms. The maximum Gasteiger partial charge on any atom is -0.0159 e. The molecule has 2 fully saturated rings. The van der Waals surface area contributed by atoms with Gasteiger partial charge in [-0.05, 0) is 90.9 Å². The van der Waals surface area contributed by atoms with E-state index in [4.69, 9.17) is 0 Å². The van der Waals surface area contributed by atoms with Crippen molar-refractivity contribution in [1.29, 1.82) is 0 Å². The van der Waals surface area contributed by atoms with Gasteiger partial charge in [0.05, 0.1) is 0 Å². The van der Waals surface area contributed by atoms with Crippen LogP contribution in [0.4, 0.5) is 0 Å². The maximum absolute atomic E-state index is 3.83. The SMILES string of the molecule is C=CCCc1ccc(-c2ccc(C3CCC4CC(CCCCCCC)CCC4C3)cc2)cc1. The summed E-state index contributed by atoms with van der Waals surface area (Å²) in [6.45, 7) is 6.15. The van der Waals surface area contributed by atoms with E-state index in [0.717, 1.165) is 36.5 Å². The van der Waals surface area contributed by atoms with Crippen molar-refractivity contribution in [1.82, 2.24) is 0 Å². The molecule has 0 heterocycles. The van der Waals surface area contributed by atoms with Gasteiger partial charge in [0.1, 0.15) is 0 Å². The van der Waals surface area contributed by atoms with E-state index in [-0.39, 0.29) is 0 Å². The summed E-state index contributed by atoms with van der Waals surface area (Å²) in [5.41, 5.74) is 5.67. The molecular weight excluding hydrogens is 396 g/mol. The minimum absolute atomic E-state index is 0.784. The van der Waals surface area contributed by atoms with Crippen LogP contribution >= 0.6 is 0 Å². The molecule has 0 nitrogen and oxygen atoms in total. The Morgan fingerprint density at radius 1 is 0.758 bits per heavy atom. The summed E-state index contributed by atoms with van der Waals surface area (Å²) in [7, 11) is 0. The fourth-order valence-corrected chi connectivity index (χ4v) is 6.67. The van der Waals surface area contributed by atoms with Gasteiger partial charge in [0.2, 0.25) is 0 Å². The molecule has 0 aliphatic heterocycles. The summed E-state index contributed by atoms with van der Waals surface area (Å²) in [6, 6.07) is 18.7. The second-order valence-corrected chi connectivity index (χ2v) is 11.1. The van der Waals surface area contributed by atoms with E-state index in [9.17, 15) is 0 Å². The topological polar surface area (TPSA) is 0 Å². The molecule has 0 saturated heterocycles. The molecule has 0 N–H and O–H groups in total. The number of allylic oxidation sites excluding steroid dienone is 1. The van der Waals surface area contributed by atoms with Crippen molar-refractivity contribution in [3.05, 3.63) is 72.3 Å². The summed E-state index contributed by atoms with van der Waals surface area (Å²) in [6.07, 6.45) is 21.7. The molecule has 0 spiro atoms. The van der Waals surface area contributed by atoms with Crippen LogP contribution in [-0.2, 0) is 6.42 Å². The fourth-order valence-electron chi connectivity index (χ4n) is 6.67. The van der Waals surface area contributed by atoms with Gasteiger partial charge in [-0.15, -0.1) is 6.58 Å². The van der Waals surface area contributed by atoms with Crippen molar-refractivity contribution in [2.24, 2.45) is 17.8 Å². The Balaban J connectivity index is 1.26. The van der Waals surface area contributed by atoms with Gasteiger partial charge in [-0.2, -0.15) is 0 Å². The van der Waals surface area contributed by atoms with Gasteiger partial charge in [-0.25, -0.2) is 0 Å². The van der Waals surface area contributed by atoms with Crippen LogP contribution in [0.25, 0.3) is 11.1 Å². The Morgan fingerprint density at radius 2 is 1.42 bits per heavy atom. The number of rotatable bonds is 11. The summed E-state index contributed by atoms with van der Waals surface area (Å²) >= 11 is 0. The quantitative estimate of drug-likeness (QED) is 0.240. The fraction of sp³-hybridized carbons (Fsp3) is 0.576. The van der Waals surface area contributed by atoms with Crippen LogP contribution in [0.15, 0.2) is 61.2 Å². The van der Waals surface area contributed by atoms with Crippen LogP contribution in [0.5, 0.6) is 0 Å². The highest BCUT2D eigenvalue weighted by molar-refractivity contribution is 5.64.